The van der Waals surface area contributed by atoms with Gasteiger partial charge in [0.2, 0.25) is 0 Å². The summed E-state index contributed by atoms with van der Waals surface area (Å²) in [6.45, 7) is 9.66. The molecule has 1 heterocycles. The Hall–Kier alpha value is -0.0400. The maximum Gasteiger partial charge on any atom is 0.00140 e. The normalized spacial score (nSPS) is 63.7. The Balaban J connectivity index is 2.29. The Morgan fingerprint density at radius 2 is 1.67 bits per heavy atom. The molecule has 0 spiro atoms. The van der Waals surface area contributed by atoms with Crippen LogP contribution in [0, 0.1) is 16.7 Å². The van der Waals surface area contributed by atoms with Gasteiger partial charge in [-0.3, -0.25) is 0 Å². The molecule has 0 aromatic rings. The number of fused-ring (bicyclic) bond motifs is 1. The standard InChI is InChI=1S/C8H15N/c1-6-7(2)4-9-5-8(6,7)3/h6,9H,4-5H2,1-3H3/t6?,7-,8+. The van der Waals surface area contributed by atoms with Crippen LogP contribution >= 0.6 is 0 Å². The third-order valence-electron chi connectivity index (χ3n) is 4.12. The minimum atomic E-state index is 0.646. The largest absolute Gasteiger partial charge is 0.316 e. The van der Waals surface area contributed by atoms with Crippen molar-refractivity contribution in [2.45, 2.75) is 20.8 Å². The first-order valence-electron chi connectivity index (χ1n) is 3.82. The molecule has 1 unspecified atom stereocenters. The van der Waals surface area contributed by atoms with E-state index in [1.54, 1.807) is 0 Å². The molecule has 1 aliphatic heterocycles. The summed E-state index contributed by atoms with van der Waals surface area (Å²) in [6.07, 6.45) is 0. The van der Waals surface area contributed by atoms with E-state index in [-0.39, 0.29) is 0 Å². The van der Waals surface area contributed by atoms with Crippen molar-refractivity contribution in [1.29, 1.82) is 0 Å². The number of hydrogen-bond donors (Lipinski definition) is 1. The van der Waals surface area contributed by atoms with Crippen LogP contribution in [-0.2, 0) is 0 Å². The lowest BCUT2D eigenvalue weighted by atomic mass is 10.0. The van der Waals surface area contributed by atoms with Gasteiger partial charge >= 0.3 is 0 Å². The van der Waals surface area contributed by atoms with Gasteiger partial charge in [0.15, 0.2) is 0 Å². The monoisotopic (exact) mass is 125 g/mol. The molecule has 1 saturated heterocycles. The Morgan fingerprint density at radius 3 is 1.89 bits per heavy atom. The van der Waals surface area contributed by atoms with Gasteiger partial charge in [-0.05, 0) is 16.7 Å². The maximum atomic E-state index is 3.43. The fraction of sp³-hybridized carbons (Fsp3) is 1.00. The Bertz CT molecular complexity index is 139. The van der Waals surface area contributed by atoms with E-state index >= 15 is 0 Å². The van der Waals surface area contributed by atoms with Crippen molar-refractivity contribution >= 4 is 0 Å². The first kappa shape index (κ1) is 5.72. The summed E-state index contributed by atoms with van der Waals surface area (Å²) < 4.78 is 0. The van der Waals surface area contributed by atoms with E-state index in [1.165, 1.54) is 13.1 Å². The lowest BCUT2D eigenvalue weighted by molar-refractivity contribution is 0.494. The summed E-state index contributed by atoms with van der Waals surface area (Å²) in [5.74, 6) is 0.950. The molecular formula is C8H15N. The van der Waals surface area contributed by atoms with Gasteiger partial charge in [-0.2, -0.15) is 0 Å². The highest BCUT2D eigenvalue weighted by Crippen LogP contribution is 2.70. The third kappa shape index (κ3) is 0.389. The van der Waals surface area contributed by atoms with Crippen LogP contribution < -0.4 is 5.32 Å². The molecule has 1 N–H and O–H groups in total. The average molecular weight is 125 g/mol. The molecule has 1 heteroatoms. The Morgan fingerprint density at radius 1 is 1.22 bits per heavy atom. The lowest BCUT2D eigenvalue weighted by Gasteiger charge is -2.03. The zero-order valence-corrected chi connectivity index (χ0v) is 6.49. The van der Waals surface area contributed by atoms with Crippen LogP contribution in [0.5, 0.6) is 0 Å². The van der Waals surface area contributed by atoms with Gasteiger partial charge in [0.05, 0.1) is 0 Å². The topological polar surface area (TPSA) is 12.0 Å². The zero-order valence-electron chi connectivity index (χ0n) is 6.49. The van der Waals surface area contributed by atoms with E-state index in [0.29, 0.717) is 10.8 Å². The molecule has 2 aliphatic rings. The van der Waals surface area contributed by atoms with E-state index in [0.717, 1.165) is 5.92 Å². The first-order valence-corrected chi connectivity index (χ1v) is 3.82. The van der Waals surface area contributed by atoms with Gasteiger partial charge in [0.25, 0.3) is 0 Å². The number of rotatable bonds is 0. The summed E-state index contributed by atoms with van der Waals surface area (Å²) in [7, 11) is 0. The van der Waals surface area contributed by atoms with Crippen LogP contribution in [0.2, 0.25) is 0 Å². The number of nitrogens with one attached hydrogen (secondary N) is 1. The minimum absolute atomic E-state index is 0.646. The minimum Gasteiger partial charge on any atom is -0.316 e. The van der Waals surface area contributed by atoms with E-state index < -0.39 is 0 Å². The van der Waals surface area contributed by atoms with Gasteiger partial charge < -0.3 is 5.32 Å². The predicted octanol–water partition coefficient (Wildman–Crippen LogP) is 1.25. The Labute approximate surface area is 56.8 Å². The van der Waals surface area contributed by atoms with Crippen LogP contribution in [0.25, 0.3) is 0 Å². The van der Waals surface area contributed by atoms with Crippen LogP contribution in [0.4, 0.5) is 0 Å². The van der Waals surface area contributed by atoms with E-state index in [4.69, 9.17) is 0 Å². The van der Waals surface area contributed by atoms with Crippen LogP contribution in [0.1, 0.15) is 20.8 Å². The predicted molar refractivity (Wildman–Crippen MR) is 38.2 cm³/mol. The lowest BCUT2D eigenvalue weighted by Crippen LogP contribution is -2.18. The number of piperidine rings is 1. The van der Waals surface area contributed by atoms with Crippen molar-refractivity contribution < 1.29 is 0 Å². The molecule has 2 fully saturated rings. The zero-order chi connectivity index (χ0) is 6.70. The van der Waals surface area contributed by atoms with Gasteiger partial charge in [-0.25, -0.2) is 0 Å². The molecule has 2 rings (SSSR count). The first-order chi connectivity index (χ1) is 4.11. The summed E-state index contributed by atoms with van der Waals surface area (Å²) in [5, 5.41) is 3.43. The molecule has 0 amide bonds. The summed E-state index contributed by atoms with van der Waals surface area (Å²) >= 11 is 0. The van der Waals surface area contributed by atoms with Crippen LogP contribution in [0.15, 0.2) is 0 Å². The Kier molecular flexibility index (Phi) is 0.760. The molecule has 1 aliphatic carbocycles. The molecule has 3 atom stereocenters. The molecule has 1 saturated carbocycles. The van der Waals surface area contributed by atoms with Gasteiger partial charge in [-0.15, -0.1) is 0 Å². The second kappa shape index (κ2) is 1.20. The molecule has 1 nitrogen and oxygen atoms in total. The SMILES string of the molecule is CC1[C@]2(C)CNC[C@]12C. The van der Waals surface area contributed by atoms with E-state index in [2.05, 4.69) is 26.1 Å². The third-order valence-corrected chi connectivity index (χ3v) is 4.12. The van der Waals surface area contributed by atoms with Crippen molar-refractivity contribution in [3.8, 4) is 0 Å². The highest BCUT2D eigenvalue weighted by Gasteiger charge is 2.70. The average Bonchev–Trinajstić information content (AvgIpc) is 2.20. The van der Waals surface area contributed by atoms with Crippen molar-refractivity contribution in [3.05, 3.63) is 0 Å². The number of hydrogen-bond acceptors (Lipinski definition) is 1. The van der Waals surface area contributed by atoms with Crippen LogP contribution in [-0.4, -0.2) is 13.1 Å². The summed E-state index contributed by atoms with van der Waals surface area (Å²) in [4.78, 5) is 0. The smallest absolute Gasteiger partial charge is 0.00140 e. The molecule has 9 heavy (non-hydrogen) atoms. The molecule has 0 aromatic heterocycles. The van der Waals surface area contributed by atoms with Crippen molar-refractivity contribution in [1.82, 2.24) is 5.32 Å². The quantitative estimate of drug-likeness (QED) is 0.514. The molecule has 0 radical (unpaired) electrons. The fourth-order valence-corrected chi connectivity index (χ4v) is 2.54. The van der Waals surface area contributed by atoms with Gasteiger partial charge in [0.1, 0.15) is 0 Å². The van der Waals surface area contributed by atoms with E-state index in [1.807, 2.05) is 0 Å². The van der Waals surface area contributed by atoms with Crippen molar-refractivity contribution in [2.75, 3.05) is 13.1 Å². The highest BCUT2D eigenvalue weighted by atomic mass is 15.0. The van der Waals surface area contributed by atoms with Crippen molar-refractivity contribution in [2.24, 2.45) is 16.7 Å². The van der Waals surface area contributed by atoms with E-state index in [9.17, 15) is 0 Å². The van der Waals surface area contributed by atoms with Crippen LogP contribution in [0.3, 0.4) is 0 Å². The molecule has 0 aromatic carbocycles. The van der Waals surface area contributed by atoms with Gasteiger partial charge in [0, 0.05) is 13.1 Å². The maximum absolute atomic E-state index is 3.43. The molecular weight excluding hydrogens is 110 g/mol. The molecule has 52 valence electrons. The van der Waals surface area contributed by atoms with Gasteiger partial charge in [-0.1, -0.05) is 20.8 Å². The second-order valence-electron chi connectivity index (χ2n) is 4.16. The molecule has 0 bridgehead atoms. The highest BCUT2D eigenvalue weighted by molar-refractivity contribution is 5.20. The second-order valence-corrected chi connectivity index (χ2v) is 4.16. The van der Waals surface area contributed by atoms with Crippen molar-refractivity contribution in [3.63, 3.8) is 0 Å². The summed E-state index contributed by atoms with van der Waals surface area (Å²) in [6, 6.07) is 0. The summed E-state index contributed by atoms with van der Waals surface area (Å²) in [5.41, 5.74) is 1.29. The fourth-order valence-electron chi connectivity index (χ4n) is 2.54.